The lowest BCUT2D eigenvalue weighted by atomic mass is 10.1. The molecule has 2 amide bonds. The second-order valence-corrected chi connectivity index (χ2v) is 5.72. The standard InChI is InChI=1S/C13H15N3OS.BrH/c1-9-8-18-13-15(9)7-11(16(13)12(14)17)10-5-3-2-4-6-10;/h2-6,9,11H,7-8H2,1H3,(H-,14,17);1H. The molecule has 4 nitrogen and oxygen atoms in total. The molecule has 2 aliphatic heterocycles. The summed E-state index contributed by atoms with van der Waals surface area (Å²) in [6.07, 6.45) is 0. The van der Waals surface area contributed by atoms with E-state index in [1.165, 1.54) is 0 Å². The minimum absolute atomic E-state index is 0. The number of thioether (sulfide) groups is 1. The van der Waals surface area contributed by atoms with Gasteiger partial charge in [0, 0.05) is 11.3 Å². The van der Waals surface area contributed by atoms with E-state index < -0.39 is 0 Å². The zero-order valence-corrected chi connectivity index (χ0v) is 13.0. The maximum atomic E-state index is 11.7. The van der Waals surface area contributed by atoms with Crippen LogP contribution in [0.15, 0.2) is 30.3 Å². The van der Waals surface area contributed by atoms with Crippen LogP contribution in [0.4, 0.5) is 4.79 Å². The number of primary amides is 1. The number of nitrogens with two attached hydrogens (primary N) is 1. The van der Waals surface area contributed by atoms with Gasteiger partial charge in [-0.1, -0.05) is 30.3 Å². The highest BCUT2D eigenvalue weighted by molar-refractivity contribution is 8.13. The van der Waals surface area contributed by atoms with Gasteiger partial charge in [0.15, 0.2) is 6.04 Å². The van der Waals surface area contributed by atoms with E-state index in [2.05, 4.69) is 23.6 Å². The van der Waals surface area contributed by atoms with Gasteiger partial charge in [-0.25, -0.2) is 9.37 Å². The molecule has 102 valence electrons. The van der Waals surface area contributed by atoms with Gasteiger partial charge in [-0.15, -0.1) is 0 Å². The molecule has 0 aromatic heterocycles. The lowest BCUT2D eigenvalue weighted by Gasteiger charge is -2.16. The summed E-state index contributed by atoms with van der Waals surface area (Å²) < 4.78 is 2.28. The van der Waals surface area contributed by atoms with Gasteiger partial charge < -0.3 is 22.7 Å². The Morgan fingerprint density at radius 3 is 2.74 bits per heavy atom. The number of benzene rings is 1. The Hall–Kier alpha value is -1.01. The summed E-state index contributed by atoms with van der Waals surface area (Å²) in [5.74, 6) is 1.03. The van der Waals surface area contributed by atoms with E-state index in [4.69, 9.17) is 5.73 Å². The van der Waals surface area contributed by atoms with E-state index >= 15 is 0 Å². The molecule has 1 aromatic rings. The summed E-state index contributed by atoms with van der Waals surface area (Å²) in [5, 5.41) is 1.02. The average molecular weight is 342 g/mol. The van der Waals surface area contributed by atoms with E-state index in [-0.39, 0.29) is 29.1 Å². The number of halogens is 1. The second kappa shape index (κ2) is 5.54. The second-order valence-electron chi connectivity index (χ2n) is 4.73. The van der Waals surface area contributed by atoms with Gasteiger partial charge in [0.25, 0.3) is 0 Å². The van der Waals surface area contributed by atoms with Crippen molar-refractivity contribution in [3.63, 3.8) is 0 Å². The predicted molar refractivity (Wildman–Crippen MR) is 72.7 cm³/mol. The average Bonchev–Trinajstić information content (AvgIpc) is 2.91. The van der Waals surface area contributed by atoms with E-state index in [0.29, 0.717) is 6.04 Å². The number of hydrogen-bond acceptors (Lipinski definition) is 2. The van der Waals surface area contributed by atoms with Crippen LogP contribution in [0.3, 0.4) is 0 Å². The van der Waals surface area contributed by atoms with Gasteiger partial charge in [0.1, 0.15) is 12.6 Å². The summed E-state index contributed by atoms with van der Waals surface area (Å²) in [6.45, 7) is 3.03. The van der Waals surface area contributed by atoms with Crippen molar-refractivity contribution in [2.45, 2.75) is 19.0 Å². The summed E-state index contributed by atoms with van der Waals surface area (Å²) in [5.41, 5.74) is 6.70. The number of amidine groups is 1. The van der Waals surface area contributed by atoms with Gasteiger partial charge in [-0.2, -0.15) is 4.90 Å². The molecule has 0 aliphatic carbocycles. The zero-order chi connectivity index (χ0) is 12.7. The molecule has 3 rings (SSSR count). The van der Waals surface area contributed by atoms with Crippen molar-refractivity contribution in [1.29, 1.82) is 0 Å². The first-order valence-electron chi connectivity index (χ1n) is 6.08. The van der Waals surface area contributed by atoms with Gasteiger partial charge in [0.05, 0.1) is 0 Å². The van der Waals surface area contributed by atoms with Crippen molar-refractivity contribution < 1.29 is 26.4 Å². The van der Waals surface area contributed by atoms with Crippen molar-refractivity contribution in [2.75, 3.05) is 12.3 Å². The van der Waals surface area contributed by atoms with Gasteiger partial charge in [0.2, 0.25) is 0 Å². The lowest BCUT2D eigenvalue weighted by Crippen LogP contribution is -3.00. The SMILES string of the molecule is CC1CSC2=[N+]1CC(c1ccccc1)N2C(N)=O.[Br-]. The maximum Gasteiger partial charge on any atom is 0.407 e. The molecular weight excluding hydrogens is 326 g/mol. The lowest BCUT2D eigenvalue weighted by molar-refractivity contribution is -0.546. The quantitative estimate of drug-likeness (QED) is 0.641. The molecule has 0 bridgehead atoms. The van der Waals surface area contributed by atoms with Crippen molar-refractivity contribution >= 4 is 23.0 Å². The van der Waals surface area contributed by atoms with Gasteiger partial charge in [-0.3, -0.25) is 0 Å². The van der Waals surface area contributed by atoms with Crippen LogP contribution in [0, 0.1) is 0 Å². The van der Waals surface area contributed by atoms with Crippen LogP contribution in [0.1, 0.15) is 18.5 Å². The first-order valence-corrected chi connectivity index (χ1v) is 7.07. The van der Waals surface area contributed by atoms with Crippen LogP contribution in [0.5, 0.6) is 0 Å². The highest BCUT2D eigenvalue weighted by atomic mass is 79.9. The van der Waals surface area contributed by atoms with Crippen molar-refractivity contribution in [2.24, 2.45) is 5.73 Å². The highest BCUT2D eigenvalue weighted by Gasteiger charge is 2.49. The molecule has 2 N–H and O–H groups in total. The number of carbonyl (C=O) groups excluding carboxylic acids is 1. The fraction of sp³-hybridized carbons (Fsp3) is 0.385. The summed E-state index contributed by atoms with van der Waals surface area (Å²) >= 11 is 1.72. The molecule has 2 atom stereocenters. The number of carbonyl (C=O) groups is 1. The molecule has 2 heterocycles. The smallest absolute Gasteiger partial charge is 0.407 e. The Labute approximate surface area is 127 Å². The maximum absolute atomic E-state index is 11.7. The van der Waals surface area contributed by atoms with Crippen molar-refractivity contribution in [1.82, 2.24) is 4.90 Å². The normalized spacial score (nSPS) is 25.2. The molecule has 2 unspecified atom stereocenters. The Morgan fingerprint density at radius 1 is 1.42 bits per heavy atom. The van der Waals surface area contributed by atoms with Crippen molar-refractivity contribution in [3.8, 4) is 0 Å². The van der Waals surface area contributed by atoms with Gasteiger partial charge >= 0.3 is 11.2 Å². The fourth-order valence-corrected chi connectivity index (χ4v) is 3.95. The summed E-state index contributed by atoms with van der Waals surface area (Å²) in [7, 11) is 0. The third-order valence-corrected chi connectivity index (χ3v) is 4.88. The number of urea groups is 1. The Morgan fingerprint density at radius 2 is 2.11 bits per heavy atom. The molecule has 0 saturated heterocycles. The third kappa shape index (κ3) is 2.39. The molecule has 0 spiro atoms. The third-order valence-electron chi connectivity index (χ3n) is 3.54. The molecular formula is C13H16BrN3OS. The monoisotopic (exact) mass is 341 g/mol. The number of nitrogens with zero attached hydrogens (tertiary/aromatic N) is 2. The first kappa shape index (κ1) is 14.4. The summed E-state index contributed by atoms with van der Waals surface area (Å²) in [6, 6.07) is 10.3. The fourth-order valence-electron chi connectivity index (χ4n) is 2.60. The minimum Gasteiger partial charge on any atom is -1.00 e. The Kier molecular flexibility index (Phi) is 4.20. The van der Waals surface area contributed by atoms with Crippen LogP contribution >= 0.6 is 11.8 Å². The zero-order valence-electron chi connectivity index (χ0n) is 10.6. The highest BCUT2D eigenvalue weighted by Crippen LogP contribution is 2.34. The Balaban J connectivity index is 0.00000133. The van der Waals surface area contributed by atoms with Gasteiger partial charge in [-0.05, 0) is 18.7 Å². The molecule has 0 saturated carbocycles. The van der Waals surface area contributed by atoms with Crippen molar-refractivity contribution in [3.05, 3.63) is 35.9 Å². The van der Waals surface area contributed by atoms with E-state index in [1.807, 2.05) is 18.2 Å². The summed E-state index contributed by atoms with van der Waals surface area (Å²) in [4.78, 5) is 13.5. The predicted octanol–water partition coefficient (Wildman–Crippen LogP) is -1.37. The molecule has 0 radical (unpaired) electrons. The Bertz CT molecular complexity index is 520. The molecule has 1 aromatic carbocycles. The number of hydrogen-bond donors (Lipinski definition) is 1. The van der Waals surface area contributed by atoms with Crippen LogP contribution < -0.4 is 22.7 Å². The molecule has 2 aliphatic rings. The van der Waals surface area contributed by atoms with Crippen LogP contribution in [-0.2, 0) is 0 Å². The number of amides is 2. The van der Waals surface area contributed by atoms with E-state index in [1.54, 1.807) is 16.7 Å². The molecule has 0 fully saturated rings. The topological polar surface area (TPSA) is 49.3 Å². The number of rotatable bonds is 1. The van der Waals surface area contributed by atoms with Crippen LogP contribution in [0.2, 0.25) is 0 Å². The minimum atomic E-state index is -0.358. The largest absolute Gasteiger partial charge is 1.00 e. The van der Waals surface area contributed by atoms with E-state index in [0.717, 1.165) is 23.0 Å². The molecule has 6 heteroatoms. The molecule has 19 heavy (non-hydrogen) atoms. The van der Waals surface area contributed by atoms with Crippen LogP contribution in [0.25, 0.3) is 0 Å². The van der Waals surface area contributed by atoms with Crippen LogP contribution in [-0.4, -0.2) is 39.0 Å². The first-order chi connectivity index (χ1) is 8.68. The van der Waals surface area contributed by atoms with E-state index in [9.17, 15) is 4.79 Å².